The average Bonchev–Trinajstić information content (AvgIpc) is 2.97. The molecule has 0 aliphatic carbocycles. The lowest BCUT2D eigenvalue weighted by Gasteiger charge is -2.32. The fourth-order valence-electron chi connectivity index (χ4n) is 4.80. The van der Waals surface area contributed by atoms with Crippen LogP contribution in [0.4, 0.5) is 11.5 Å². The van der Waals surface area contributed by atoms with Crippen molar-refractivity contribution in [3.63, 3.8) is 0 Å². The fourth-order valence-corrected chi connectivity index (χ4v) is 4.80. The largest absolute Gasteiger partial charge is 0.354 e. The van der Waals surface area contributed by atoms with Gasteiger partial charge in [0.1, 0.15) is 12.2 Å². The molecule has 31 heavy (non-hydrogen) atoms. The number of hydrogen-bond donors (Lipinski definition) is 1. The number of rotatable bonds is 3. The van der Waals surface area contributed by atoms with E-state index in [1.807, 2.05) is 12.1 Å². The Balaban J connectivity index is 1.37. The number of carbonyl (C=O) groups is 1. The van der Waals surface area contributed by atoms with Gasteiger partial charge in [0.15, 0.2) is 17.0 Å². The minimum atomic E-state index is -0.0687. The van der Waals surface area contributed by atoms with E-state index in [1.54, 1.807) is 6.33 Å². The lowest BCUT2D eigenvalue weighted by molar-refractivity contribution is -0.120. The molecule has 0 saturated carbocycles. The van der Waals surface area contributed by atoms with E-state index in [0.717, 1.165) is 60.8 Å². The molecule has 3 aromatic rings. The normalized spacial score (nSPS) is 19.2. The van der Waals surface area contributed by atoms with Crippen molar-refractivity contribution in [3.8, 4) is 0 Å². The molecule has 1 saturated heterocycles. The van der Waals surface area contributed by atoms with Gasteiger partial charge in [0.2, 0.25) is 5.91 Å². The summed E-state index contributed by atoms with van der Waals surface area (Å²) in [5, 5.41) is 3.12. The maximum Gasteiger partial charge on any atom is 0.229 e. The van der Waals surface area contributed by atoms with E-state index >= 15 is 0 Å². The highest BCUT2D eigenvalue weighted by atomic mass is 16.1. The molecule has 2 aromatic heterocycles. The van der Waals surface area contributed by atoms with Gasteiger partial charge < -0.3 is 14.8 Å². The van der Waals surface area contributed by atoms with E-state index in [-0.39, 0.29) is 11.8 Å². The highest BCUT2D eigenvalue weighted by Crippen LogP contribution is 2.30. The zero-order chi connectivity index (χ0) is 21.4. The number of fused-ring (bicyclic) bond motifs is 3. The molecule has 0 spiro atoms. The summed E-state index contributed by atoms with van der Waals surface area (Å²) in [6, 6.07) is 6.07. The summed E-state index contributed by atoms with van der Waals surface area (Å²) < 4.78 is 2.27. The second-order valence-electron chi connectivity index (χ2n) is 8.93. The summed E-state index contributed by atoms with van der Waals surface area (Å²) in [7, 11) is 0. The number of nitrogens with one attached hydrogen (secondary N) is 1. The molecule has 1 unspecified atom stereocenters. The maximum atomic E-state index is 13.0. The third kappa shape index (κ3) is 3.89. The van der Waals surface area contributed by atoms with Crippen molar-refractivity contribution in [1.29, 1.82) is 0 Å². The van der Waals surface area contributed by atoms with Crippen LogP contribution < -0.4 is 10.2 Å². The first kappa shape index (κ1) is 20.0. The summed E-state index contributed by atoms with van der Waals surface area (Å²) in [5.74, 6) is 2.00. The Kier molecular flexibility index (Phi) is 5.34. The van der Waals surface area contributed by atoms with Crippen molar-refractivity contribution in [1.82, 2.24) is 19.5 Å². The number of nitrogens with zero attached hydrogens (tertiary/aromatic N) is 5. The maximum absolute atomic E-state index is 13.0. The SMILES string of the molecule is Cc1ccc(NC(=O)C2CCCN(c3ncnc4c3nc3n4CCCCC3)C2)cc1C. The third-order valence-corrected chi connectivity index (χ3v) is 6.74. The summed E-state index contributed by atoms with van der Waals surface area (Å²) in [6.45, 7) is 6.67. The third-order valence-electron chi connectivity index (χ3n) is 6.74. The van der Waals surface area contributed by atoms with Crippen molar-refractivity contribution in [2.24, 2.45) is 5.92 Å². The molecule has 1 N–H and O–H groups in total. The van der Waals surface area contributed by atoms with Gasteiger partial charge in [-0.2, -0.15) is 0 Å². The molecule has 162 valence electrons. The van der Waals surface area contributed by atoms with Crippen molar-refractivity contribution < 1.29 is 4.79 Å². The standard InChI is InChI=1S/C24H30N6O/c1-16-9-10-19(13-17(16)2)27-24(31)18-7-6-11-29(14-18)22-21-23(26-15-25-22)30-12-5-3-4-8-20(30)28-21/h9-10,13,15,18H,3-8,11-12,14H2,1-2H3,(H,27,31). The zero-order valence-electron chi connectivity index (χ0n) is 18.4. The van der Waals surface area contributed by atoms with Crippen molar-refractivity contribution in [2.75, 3.05) is 23.3 Å². The average molecular weight is 419 g/mol. The quantitative estimate of drug-likeness (QED) is 0.695. The van der Waals surface area contributed by atoms with E-state index < -0.39 is 0 Å². The van der Waals surface area contributed by atoms with Gasteiger partial charge in [0.05, 0.1) is 5.92 Å². The fraction of sp³-hybridized carbons (Fsp3) is 0.500. The molecule has 4 heterocycles. The number of piperidine rings is 1. The topological polar surface area (TPSA) is 75.9 Å². The first-order valence-electron chi connectivity index (χ1n) is 11.4. The van der Waals surface area contributed by atoms with Crippen LogP contribution in [0, 0.1) is 19.8 Å². The number of benzene rings is 1. The van der Waals surface area contributed by atoms with Crippen molar-refractivity contribution in [2.45, 2.75) is 58.9 Å². The van der Waals surface area contributed by atoms with Gasteiger partial charge in [-0.05, 0) is 62.8 Å². The van der Waals surface area contributed by atoms with E-state index in [0.29, 0.717) is 6.54 Å². The molecule has 7 heteroatoms. The molecule has 2 aliphatic heterocycles. The molecule has 7 nitrogen and oxygen atoms in total. The summed E-state index contributed by atoms with van der Waals surface area (Å²) in [5.41, 5.74) is 5.10. The second-order valence-corrected chi connectivity index (χ2v) is 8.93. The molecule has 1 aromatic carbocycles. The monoisotopic (exact) mass is 418 g/mol. The lowest BCUT2D eigenvalue weighted by Crippen LogP contribution is -2.41. The van der Waals surface area contributed by atoms with E-state index in [1.165, 1.54) is 30.4 Å². The van der Waals surface area contributed by atoms with Crippen LogP contribution in [-0.2, 0) is 17.8 Å². The Labute approximate surface area is 182 Å². The Morgan fingerprint density at radius 2 is 1.97 bits per heavy atom. The molecule has 1 amide bonds. The molecule has 1 fully saturated rings. The minimum Gasteiger partial charge on any atom is -0.354 e. The van der Waals surface area contributed by atoms with Crippen LogP contribution in [0.15, 0.2) is 24.5 Å². The summed E-state index contributed by atoms with van der Waals surface area (Å²) in [4.78, 5) is 29.3. The molecular weight excluding hydrogens is 388 g/mol. The predicted molar refractivity (Wildman–Crippen MR) is 122 cm³/mol. The highest BCUT2D eigenvalue weighted by Gasteiger charge is 2.29. The number of carbonyl (C=O) groups excluding carboxylic acids is 1. The van der Waals surface area contributed by atoms with Crippen LogP contribution >= 0.6 is 0 Å². The number of aromatic nitrogens is 4. The smallest absolute Gasteiger partial charge is 0.229 e. The first-order valence-corrected chi connectivity index (χ1v) is 11.4. The Hall–Kier alpha value is -2.96. The Morgan fingerprint density at radius 3 is 2.84 bits per heavy atom. The number of hydrogen-bond acceptors (Lipinski definition) is 5. The van der Waals surface area contributed by atoms with Gasteiger partial charge >= 0.3 is 0 Å². The lowest BCUT2D eigenvalue weighted by atomic mass is 9.96. The van der Waals surface area contributed by atoms with Crippen molar-refractivity contribution in [3.05, 3.63) is 41.5 Å². The minimum absolute atomic E-state index is 0.0687. The predicted octanol–water partition coefficient (Wildman–Crippen LogP) is 4.02. The first-order chi connectivity index (χ1) is 15.1. The van der Waals surface area contributed by atoms with Crippen LogP contribution in [0.5, 0.6) is 0 Å². The van der Waals surface area contributed by atoms with Gasteiger partial charge in [-0.25, -0.2) is 15.0 Å². The number of anilines is 2. The van der Waals surface area contributed by atoms with E-state index in [2.05, 4.69) is 44.7 Å². The van der Waals surface area contributed by atoms with Gasteiger partial charge in [-0.1, -0.05) is 12.5 Å². The van der Waals surface area contributed by atoms with E-state index in [9.17, 15) is 4.79 Å². The van der Waals surface area contributed by atoms with Crippen LogP contribution in [-0.4, -0.2) is 38.5 Å². The van der Waals surface area contributed by atoms with Crippen LogP contribution in [0.25, 0.3) is 11.2 Å². The second kappa shape index (κ2) is 8.29. The highest BCUT2D eigenvalue weighted by molar-refractivity contribution is 5.93. The number of imidazole rings is 1. The Bertz CT molecular complexity index is 1120. The molecule has 2 aliphatic rings. The number of aryl methyl sites for hydroxylation is 4. The molecule has 0 radical (unpaired) electrons. The van der Waals surface area contributed by atoms with Crippen LogP contribution in [0.1, 0.15) is 49.1 Å². The zero-order valence-corrected chi connectivity index (χ0v) is 18.4. The molecule has 0 bridgehead atoms. The van der Waals surface area contributed by atoms with Gasteiger partial charge in [0.25, 0.3) is 0 Å². The van der Waals surface area contributed by atoms with Gasteiger partial charge in [-0.3, -0.25) is 4.79 Å². The van der Waals surface area contributed by atoms with Gasteiger partial charge in [-0.15, -0.1) is 0 Å². The summed E-state index contributed by atoms with van der Waals surface area (Å²) in [6.07, 6.45) is 8.09. The molecular formula is C24H30N6O. The Morgan fingerprint density at radius 1 is 1.06 bits per heavy atom. The molecule has 1 atom stereocenters. The molecule has 5 rings (SSSR count). The van der Waals surface area contributed by atoms with Crippen LogP contribution in [0.3, 0.4) is 0 Å². The van der Waals surface area contributed by atoms with E-state index in [4.69, 9.17) is 4.98 Å². The van der Waals surface area contributed by atoms with Gasteiger partial charge in [0, 0.05) is 31.7 Å². The van der Waals surface area contributed by atoms with Crippen LogP contribution in [0.2, 0.25) is 0 Å². The van der Waals surface area contributed by atoms with Crippen molar-refractivity contribution >= 4 is 28.6 Å². The number of amides is 1. The summed E-state index contributed by atoms with van der Waals surface area (Å²) >= 11 is 0.